The predicted molar refractivity (Wildman–Crippen MR) is 101 cm³/mol. The Balaban J connectivity index is 1.71. The molecule has 4 N–H and O–H groups in total. The lowest BCUT2D eigenvalue weighted by atomic mass is 9.87. The molecule has 4 rings (SSSR count). The lowest BCUT2D eigenvalue weighted by molar-refractivity contribution is 0.305. The highest BCUT2D eigenvalue weighted by Gasteiger charge is 2.42. The van der Waals surface area contributed by atoms with E-state index in [0.29, 0.717) is 11.9 Å². The Morgan fingerprint density at radius 3 is 2.38 bits per heavy atom. The van der Waals surface area contributed by atoms with Crippen molar-refractivity contribution in [2.45, 2.75) is 37.8 Å². The minimum Gasteiger partial charge on any atom is -0.369 e. The van der Waals surface area contributed by atoms with Crippen LogP contribution in [0.2, 0.25) is 0 Å². The first-order chi connectivity index (χ1) is 11.7. The van der Waals surface area contributed by atoms with E-state index in [9.17, 15) is 0 Å². The van der Waals surface area contributed by atoms with Gasteiger partial charge in [0, 0.05) is 5.69 Å². The quantitative estimate of drug-likeness (QED) is 0.878. The second-order valence-corrected chi connectivity index (χ2v) is 7.16. The molecule has 2 heterocycles. The van der Waals surface area contributed by atoms with Crippen molar-refractivity contribution in [2.75, 3.05) is 4.90 Å². The molecular formula is C18H21N5S. The highest BCUT2D eigenvalue weighted by molar-refractivity contribution is 7.08. The molecule has 0 bridgehead atoms. The van der Waals surface area contributed by atoms with Crippen molar-refractivity contribution < 1.29 is 0 Å². The van der Waals surface area contributed by atoms with E-state index in [4.69, 9.17) is 16.5 Å². The van der Waals surface area contributed by atoms with Gasteiger partial charge in [-0.1, -0.05) is 18.6 Å². The molecule has 1 fully saturated rings. The van der Waals surface area contributed by atoms with Gasteiger partial charge >= 0.3 is 0 Å². The molecule has 24 heavy (non-hydrogen) atoms. The lowest BCUT2D eigenvalue weighted by Gasteiger charge is -2.45. The van der Waals surface area contributed by atoms with Crippen molar-refractivity contribution in [1.82, 2.24) is 0 Å². The van der Waals surface area contributed by atoms with Crippen LogP contribution in [0.5, 0.6) is 0 Å². The molecule has 0 amide bonds. The average Bonchev–Trinajstić information content (AvgIpc) is 3.10. The standard InChI is InChI=1S/C18H21N5S/c19-16-21-17(20)23(18(22-16)9-2-1-3-10-18)15-6-4-13(5-7-15)14-8-11-24-12-14/h4-8,11-12H,1-3,9-10H2,(H4,19,20,21,22). The summed E-state index contributed by atoms with van der Waals surface area (Å²) in [7, 11) is 0. The zero-order valence-electron chi connectivity index (χ0n) is 13.5. The third-order valence-corrected chi connectivity index (χ3v) is 5.51. The topological polar surface area (TPSA) is 80.0 Å². The maximum Gasteiger partial charge on any atom is 0.220 e. The van der Waals surface area contributed by atoms with Gasteiger partial charge in [-0.15, -0.1) is 0 Å². The molecule has 0 radical (unpaired) electrons. The number of hydrogen-bond acceptors (Lipinski definition) is 6. The summed E-state index contributed by atoms with van der Waals surface area (Å²) >= 11 is 1.70. The average molecular weight is 339 g/mol. The van der Waals surface area contributed by atoms with Gasteiger partial charge in [0.25, 0.3) is 0 Å². The van der Waals surface area contributed by atoms with Gasteiger partial charge < -0.3 is 11.5 Å². The molecule has 0 saturated heterocycles. The number of guanidine groups is 2. The third-order valence-electron chi connectivity index (χ3n) is 4.83. The molecule has 124 valence electrons. The van der Waals surface area contributed by atoms with Gasteiger partial charge in [0.05, 0.1) is 0 Å². The fourth-order valence-corrected chi connectivity index (χ4v) is 4.39. The Morgan fingerprint density at radius 1 is 0.958 bits per heavy atom. The molecule has 2 aliphatic rings. The van der Waals surface area contributed by atoms with Gasteiger partial charge in [-0.25, -0.2) is 4.99 Å². The zero-order chi connectivity index (χ0) is 16.6. The molecule has 1 saturated carbocycles. The normalized spacial score (nSPS) is 19.9. The van der Waals surface area contributed by atoms with Gasteiger partial charge in [0.2, 0.25) is 11.9 Å². The Hall–Kier alpha value is -2.34. The molecule has 6 heteroatoms. The number of benzene rings is 1. The summed E-state index contributed by atoms with van der Waals surface area (Å²) in [5, 5.41) is 4.24. The molecule has 1 aliphatic heterocycles. The van der Waals surface area contributed by atoms with Crippen LogP contribution in [0.15, 0.2) is 51.1 Å². The van der Waals surface area contributed by atoms with Crippen LogP contribution < -0.4 is 16.4 Å². The van der Waals surface area contributed by atoms with Crippen molar-refractivity contribution in [2.24, 2.45) is 21.5 Å². The van der Waals surface area contributed by atoms with Crippen LogP contribution in [0.1, 0.15) is 32.1 Å². The first-order valence-electron chi connectivity index (χ1n) is 8.30. The largest absolute Gasteiger partial charge is 0.369 e. The first kappa shape index (κ1) is 15.2. The van der Waals surface area contributed by atoms with E-state index in [1.165, 1.54) is 17.5 Å². The predicted octanol–water partition coefficient (Wildman–Crippen LogP) is 3.52. The summed E-state index contributed by atoms with van der Waals surface area (Å²) in [4.78, 5) is 11.0. The molecule has 5 nitrogen and oxygen atoms in total. The summed E-state index contributed by atoms with van der Waals surface area (Å²) < 4.78 is 0. The summed E-state index contributed by atoms with van der Waals surface area (Å²) in [5.74, 6) is 0.730. The van der Waals surface area contributed by atoms with Gasteiger partial charge in [-0.05, 0) is 65.8 Å². The number of rotatable bonds is 2. The molecule has 1 spiro atoms. The third kappa shape index (κ3) is 2.57. The SMILES string of the molecule is NC1=NC2(CCCCC2)N(c2ccc(-c3ccsc3)cc2)C(N)=N1. The number of aliphatic imine (C=N–C) groups is 2. The van der Waals surface area contributed by atoms with E-state index in [1.54, 1.807) is 11.3 Å². The van der Waals surface area contributed by atoms with Crippen LogP contribution >= 0.6 is 11.3 Å². The van der Waals surface area contributed by atoms with E-state index >= 15 is 0 Å². The summed E-state index contributed by atoms with van der Waals surface area (Å²) in [6.45, 7) is 0. The van der Waals surface area contributed by atoms with Gasteiger partial charge in [-0.3, -0.25) is 4.90 Å². The van der Waals surface area contributed by atoms with E-state index in [-0.39, 0.29) is 5.66 Å². The van der Waals surface area contributed by atoms with E-state index < -0.39 is 0 Å². The van der Waals surface area contributed by atoms with E-state index in [2.05, 4.69) is 51.0 Å². The van der Waals surface area contributed by atoms with Crippen molar-refractivity contribution in [1.29, 1.82) is 0 Å². The van der Waals surface area contributed by atoms with Crippen LogP contribution in [0.4, 0.5) is 5.69 Å². The summed E-state index contributed by atoms with van der Waals surface area (Å²) in [5.41, 5.74) is 15.3. The number of nitrogens with zero attached hydrogens (tertiary/aromatic N) is 3. The van der Waals surface area contributed by atoms with Crippen molar-refractivity contribution in [3.05, 3.63) is 41.1 Å². The Kier molecular flexibility index (Phi) is 3.76. The molecule has 1 aromatic heterocycles. The minimum atomic E-state index is -0.377. The first-order valence-corrected chi connectivity index (χ1v) is 9.25. The van der Waals surface area contributed by atoms with Crippen LogP contribution in [-0.4, -0.2) is 17.6 Å². The number of anilines is 1. The van der Waals surface area contributed by atoms with E-state index in [0.717, 1.165) is 31.4 Å². The zero-order valence-corrected chi connectivity index (χ0v) is 14.3. The maximum atomic E-state index is 6.26. The Bertz CT molecular complexity index is 770. The molecule has 1 aromatic carbocycles. The number of thiophene rings is 1. The highest BCUT2D eigenvalue weighted by atomic mass is 32.1. The van der Waals surface area contributed by atoms with Gasteiger partial charge in [0.15, 0.2) is 0 Å². The maximum absolute atomic E-state index is 6.26. The van der Waals surface area contributed by atoms with Crippen LogP contribution in [-0.2, 0) is 0 Å². The fraction of sp³-hybridized carbons (Fsp3) is 0.333. The van der Waals surface area contributed by atoms with Crippen molar-refractivity contribution in [3.63, 3.8) is 0 Å². The molecule has 2 aromatic rings. The highest BCUT2D eigenvalue weighted by Crippen LogP contribution is 2.39. The Labute approximate surface area is 145 Å². The molecular weight excluding hydrogens is 318 g/mol. The number of nitrogens with two attached hydrogens (primary N) is 2. The Morgan fingerprint density at radius 2 is 1.71 bits per heavy atom. The second kappa shape index (κ2) is 5.94. The molecule has 1 aliphatic carbocycles. The van der Waals surface area contributed by atoms with Gasteiger partial charge in [-0.2, -0.15) is 16.3 Å². The lowest BCUT2D eigenvalue weighted by Crippen LogP contribution is -2.58. The summed E-state index contributed by atoms with van der Waals surface area (Å²) in [6.07, 6.45) is 5.41. The van der Waals surface area contributed by atoms with Crippen LogP contribution in [0.3, 0.4) is 0 Å². The van der Waals surface area contributed by atoms with Crippen LogP contribution in [0, 0.1) is 0 Å². The molecule has 0 unspecified atom stereocenters. The fourth-order valence-electron chi connectivity index (χ4n) is 3.73. The van der Waals surface area contributed by atoms with E-state index in [1.807, 2.05) is 0 Å². The number of hydrogen-bond donors (Lipinski definition) is 2. The van der Waals surface area contributed by atoms with Gasteiger partial charge in [0.1, 0.15) is 5.66 Å². The van der Waals surface area contributed by atoms with Crippen molar-refractivity contribution >= 4 is 28.9 Å². The minimum absolute atomic E-state index is 0.292. The van der Waals surface area contributed by atoms with Crippen molar-refractivity contribution in [3.8, 4) is 11.1 Å². The smallest absolute Gasteiger partial charge is 0.220 e. The summed E-state index contributed by atoms with van der Waals surface area (Å²) in [6, 6.07) is 10.6. The molecule has 0 atom stereocenters. The second-order valence-electron chi connectivity index (χ2n) is 6.38. The monoisotopic (exact) mass is 339 g/mol. The van der Waals surface area contributed by atoms with Crippen LogP contribution in [0.25, 0.3) is 11.1 Å².